The second-order valence-electron chi connectivity index (χ2n) is 12.9. The summed E-state index contributed by atoms with van der Waals surface area (Å²) in [5.41, 5.74) is 4.61. The number of hydrogen-bond donors (Lipinski definition) is 2. The van der Waals surface area contributed by atoms with E-state index < -0.39 is 47.7 Å². The zero-order valence-electron chi connectivity index (χ0n) is 27.1. The number of ether oxygens (including phenoxy) is 1. The summed E-state index contributed by atoms with van der Waals surface area (Å²) < 4.78 is 12.5. The lowest BCUT2D eigenvalue weighted by Crippen LogP contribution is -2.46. The molecule has 4 aromatic rings. The zero-order chi connectivity index (χ0) is 34.8. The minimum Gasteiger partial charge on any atom is -0.508 e. The largest absolute Gasteiger partial charge is 0.508 e. The number of carbonyl (C=O) groups excluding carboxylic acids is 2. The van der Waals surface area contributed by atoms with Gasteiger partial charge in [-0.1, -0.05) is 72.8 Å². The minimum absolute atomic E-state index is 0.124. The van der Waals surface area contributed by atoms with Crippen LogP contribution in [0.3, 0.4) is 0 Å². The van der Waals surface area contributed by atoms with E-state index >= 15 is 0 Å². The van der Waals surface area contributed by atoms with Crippen LogP contribution in [0.4, 0.5) is 11.4 Å². The van der Waals surface area contributed by atoms with E-state index in [4.69, 9.17) is 9.39 Å². The van der Waals surface area contributed by atoms with Crippen LogP contribution in [0.1, 0.15) is 30.4 Å². The van der Waals surface area contributed by atoms with Gasteiger partial charge in [-0.05, 0) is 89.7 Å². The molecule has 2 aliphatic heterocycles. The third kappa shape index (κ3) is 6.70. The van der Waals surface area contributed by atoms with Gasteiger partial charge in [0.2, 0.25) is 11.8 Å². The van der Waals surface area contributed by atoms with Crippen LogP contribution in [0.15, 0.2) is 120 Å². The first-order chi connectivity index (χ1) is 24.3. The number of carbonyl (C=O) groups is 2. The van der Waals surface area contributed by atoms with E-state index in [0.29, 0.717) is 18.6 Å². The molecule has 10 nitrogen and oxygen atoms in total. The average Bonchev–Trinajstić information content (AvgIpc) is 3.39. The second-order valence-corrected chi connectivity index (χ2v) is 12.9. The summed E-state index contributed by atoms with van der Waals surface area (Å²) in [4.78, 5) is 40.3. The minimum atomic E-state index is -1.17. The van der Waals surface area contributed by atoms with Gasteiger partial charge in [-0.15, -0.1) is 0 Å². The maximum absolute atomic E-state index is 14.2. The Bertz CT molecular complexity index is 1970. The summed E-state index contributed by atoms with van der Waals surface area (Å²) in [7, 11) is -1.17. The highest BCUT2D eigenvalue weighted by Crippen LogP contribution is 2.51. The maximum Gasteiger partial charge on any atom is 0.455 e. The van der Waals surface area contributed by atoms with Crippen LogP contribution in [0.2, 0.25) is 6.32 Å². The molecule has 2 heterocycles. The van der Waals surface area contributed by atoms with Crippen LogP contribution in [0.25, 0.3) is 11.6 Å². The molecule has 11 heteroatoms. The number of non-ortho nitro benzene ring substituents is 1. The van der Waals surface area contributed by atoms with Crippen LogP contribution >= 0.6 is 0 Å². The number of rotatable bonds is 10. The topological polar surface area (TPSA) is 139 Å². The number of nitro benzene ring substituents is 1. The van der Waals surface area contributed by atoms with E-state index in [-0.39, 0.29) is 36.5 Å². The molecule has 50 heavy (non-hydrogen) atoms. The molecule has 7 rings (SSSR count). The van der Waals surface area contributed by atoms with Crippen molar-refractivity contribution in [2.24, 2.45) is 17.8 Å². The Morgan fingerprint density at radius 1 is 0.940 bits per heavy atom. The fourth-order valence-corrected chi connectivity index (χ4v) is 7.59. The molecule has 0 bridgehead atoms. The van der Waals surface area contributed by atoms with Crippen LogP contribution in [-0.4, -0.2) is 46.7 Å². The molecule has 0 unspecified atom stereocenters. The fourth-order valence-electron chi connectivity index (χ4n) is 7.59. The SMILES string of the molecule is O=C1[C@@H]2[C@@H](CC(COc3ccccc3)=C3[C@@H](CC/C(=C/c4ccc(O)cc4)c4ccccc4)OB(O)C[C@@H]32)C(=O)N1c1cccc([N+](=O)[O-])c1. The normalized spacial score (nSPS) is 22.0. The lowest BCUT2D eigenvalue weighted by molar-refractivity contribution is -0.384. The Morgan fingerprint density at radius 2 is 1.66 bits per heavy atom. The van der Waals surface area contributed by atoms with Crippen LogP contribution in [0, 0.1) is 27.9 Å². The quantitative estimate of drug-likeness (QED) is 0.0475. The van der Waals surface area contributed by atoms with Crippen molar-refractivity contribution in [2.75, 3.05) is 11.5 Å². The highest BCUT2D eigenvalue weighted by atomic mass is 16.6. The van der Waals surface area contributed by atoms with Gasteiger partial charge in [-0.25, -0.2) is 4.90 Å². The van der Waals surface area contributed by atoms with Gasteiger partial charge in [0.15, 0.2) is 0 Å². The van der Waals surface area contributed by atoms with E-state index in [1.165, 1.54) is 24.3 Å². The molecule has 252 valence electrons. The summed E-state index contributed by atoms with van der Waals surface area (Å²) in [6.45, 7) is 0.169. The Labute approximate surface area is 289 Å². The first kappa shape index (κ1) is 33.0. The number of nitrogens with zero attached hydrogens (tertiary/aromatic N) is 2. The van der Waals surface area contributed by atoms with Crippen molar-refractivity contribution in [1.82, 2.24) is 0 Å². The molecule has 0 radical (unpaired) electrons. The third-order valence-electron chi connectivity index (χ3n) is 9.82. The standard InChI is InChI=1S/C39H35BN2O8/c43-31-17-14-25(15-18-31)20-27(26-8-3-1-4-9-26)16-19-35-36-28(24-49-32-12-5-2-6-13-32)21-33-37(34(36)23-40(46)50-35)39(45)41(38(33)44)29-10-7-11-30(22-29)42(47)48/h1-15,17-18,20,22,33-35,37,43,46H,16,19,21,23-24H2/b27-20-/t33-,34+,35-,37-/m1/s1. The Kier molecular flexibility index (Phi) is 9.34. The number of imide groups is 1. The van der Waals surface area contributed by atoms with Crippen molar-refractivity contribution in [1.29, 1.82) is 0 Å². The van der Waals surface area contributed by atoms with E-state index in [9.17, 15) is 29.8 Å². The van der Waals surface area contributed by atoms with Crippen molar-refractivity contribution in [3.8, 4) is 11.5 Å². The first-order valence-corrected chi connectivity index (χ1v) is 16.7. The van der Waals surface area contributed by atoms with E-state index in [0.717, 1.165) is 32.7 Å². The van der Waals surface area contributed by atoms with E-state index in [2.05, 4.69) is 6.08 Å². The molecular weight excluding hydrogens is 635 g/mol. The summed E-state index contributed by atoms with van der Waals surface area (Å²) in [5.74, 6) is -2.00. The average molecular weight is 671 g/mol. The molecular formula is C39H35BN2O8. The van der Waals surface area contributed by atoms with Gasteiger partial charge in [0, 0.05) is 12.1 Å². The third-order valence-corrected chi connectivity index (χ3v) is 9.82. The molecule has 0 aromatic heterocycles. The number of nitro groups is 1. The number of fused-ring (bicyclic) bond motifs is 3. The summed E-state index contributed by atoms with van der Waals surface area (Å²) >= 11 is 0. The number of phenolic OH excluding ortho intramolecular Hbond substituents is 1. The number of benzene rings is 4. The van der Waals surface area contributed by atoms with Gasteiger partial charge < -0.3 is 19.5 Å². The van der Waals surface area contributed by atoms with Gasteiger partial charge in [0.1, 0.15) is 18.1 Å². The van der Waals surface area contributed by atoms with Gasteiger partial charge in [0.25, 0.3) is 5.69 Å². The fraction of sp³-hybridized carbons (Fsp3) is 0.231. The number of anilines is 1. The molecule has 4 aromatic carbocycles. The lowest BCUT2D eigenvalue weighted by atomic mass is 9.58. The second kappa shape index (κ2) is 14.1. The maximum atomic E-state index is 14.2. The molecule has 0 spiro atoms. The predicted octanol–water partition coefficient (Wildman–Crippen LogP) is 6.70. The van der Waals surface area contributed by atoms with Crippen molar-refractivity contribution >= 4 is 42.0 Å². The molecule has 2 amide bonds. The highest BCUT2D eigenvalue weighted by Gasteiger charge is 2.57. The van der Waals surface area contributed by atoms with Crippen molar-refractivity contribution < 1.29 is 34.0 Å². The Balaban J connectivity index is 1.24. The predicted molar refractivity (Wildman–Crippen MR) is 189 cm³/mol. The van der Waals surface area contributed by atoms with Crippen molar-refractivity contribution in [2.45, 2.75) is 31.7 Å². The summed E-state index contributed by atoms with van der Waals surface area (Å²) in [6, 6.07) is 31.8. The molecule has 0 saturated carbocycles. The number of phenols is 1. The Morgan fingerprint density at radius 3 is 2.38 bits per heavy atom. The number of hydrogen-bond acceptors (Lipinski definition) is 8. The van der Waals surface area contributed by atoms with Gasteiger partial charge in [-0.3, -0.25) is 19.7 Å². The number of amides is 2. The molecule has 2 saturated heterocycles. The Hall–Kier alpha value is -5.52. The molecule has 3 aliphatic rings. The lowest BCUT2D eigenvalue weighted by Gasteiger charge is -2.43. The van der Waals surface area contributed by atoms with Crippen LogP contribution < -0.4 is 9.64 Å². The van der Waals surface area contributed by atoms with E-state index in [1.807, 2.05) is 72.8 Å². The zero-order valence-corrected chi connectivity index (χ0v) is 27.1. The summed E-state index contributed by atoms with van der Waals surface area (Å²) in [6.07, 6.45) is 2.91. The molecule has 2 N–H and O–H groups in total. The molecule has 1 aliphatic carbocycles. The van der Waals surface area contributed by atoms with Gasteiger partial charge >= 0.3 is 7.12 Å². The highest BCUT2D eigenvalue weighted by molar-refractivity contribution is 6.43. The van der Waals surface area contributed by atoms with Crippen LogP contribution in [-0.2, 0) is 14.2 Å². The summed E-state index contributed by atoms with van der Waals surface area (Å²) in [5, 5.41) is 32.5. The van der Waals surface area contributed by atoms with E-state index in [1.54, 1.807) is 12.1 Å². The number of aromatic hydroxyl groups is 1. The van der Waals surface area contributed by atoms with Gasteiger partial charge in [0.05, 0.1) is 28.6 Å². The monoisotopic (exact) mass is 670 g/mol. The number of allylic oxidation sites excluding steroid dienone is 1. The van der Waals surface area contributed by atoms with Gasteiger partial charge in [-0.2, -0.15) is 0 Å². The molecule has 2 fully saturated rings. The van der Waals surface area contributed by atoms with Crippen molar-refractivity contribution in [3.63, 3.8) is 0 Å². The smallest absolute Gasteiger partial charge is 0.455 e. The first-order valence-electron chi connectivity index (χ1n) is 16.7. The molecule has 4 atom stereocenters. The van der Waals surface area contributed by atoms with Crippen LogP contribution in [0.5, 0.6) is 11.5 Å². The number of para-hydroxylation sites is 1. The van der Waals surface area contributed by atoms with Crippen molar-refractivity contribution in [3.05, 3.63) is 142 Å².